The van der Waals surface area contributed by atoms with Crippen molar-refractivity contribution in [2.45, 2.75) is 46.3 Å². The summed E-state index contributed by atoms with van der Waals surface area (Å²) in [4.78, 5) is 4.65. The number of hydrogen-bond donors (Lipinski definition) is 0. The highest BCUT2D eigenvalue weighted by atomic mass is 19.4. The number of nitrogens with zero attached hydrogens (tertiary/aromatic N) is 3. The molecule has 0 N–H and O–H groups in total. The number of guanidine groups is 1. The van der Waals surface area contributed by atoms with Crippen LogP contribution in [0.5, 0.6) is 0 Å². The number of alkyl halides is 3. The maximum atomic E-state index is 14.9. The van der Waals surface area contributed by atoms with E-state index in [0.717, 1.165) is 11.1 Å². The van der Waals surface area contributed by atoms with Gasteiger partial charge in [0.1, 0.15) is 11.5 Å². The van der Waals surface area contributed by atoms with Crippen LogP contribution in [0.4, 0.5) is 18.9 Å². The molecule has 0 amide bonds. The third-order valence-corrected chi connectivity index (χ3v) is 6.15. The lowest BCUT2D eigenvalue weighted by Crippen LogP contribution is -2.57. The first-order chi connectivity index (χ1) is 13.6. The van der Waals surface area contributed by atoms with Crippen LogP contribution in [0.15, 0.2) is 47.5 Å². The van der Waals surface area contributed by atoms with Crippen molar-refractivity contribution >= 4 is 11.6 Å². The molecule has 0 fully saturated rings. The van der Waals surface area contributed by atoms with Crippen LogP contribution in [0.2, 0.25) is 0 Å². The van der Waals surface area contributed by atoms with Crippen molar-refractivity contribution in [2.24, 2.45) is 4.99 Å². The van der Waals surface area contributed by atoms with E-state index in [2.05, 4.69) is 10.3 Å². The third kappa shape index (κ3) is 3.33. The molecule has 1 aliphatic rings. The minimum atomic E-state index is -4.61. The van der Waals surface area contributed by atoms with Crippen molar-refractivity contribution in [2.75, 3.05) is 19.6 Å². The molecule has 0 radical (unpaired) electrons. The summed E-state index contributed by atoms with van der Waals surface area (Å²) in [5, 5.41) is 4.45. The van der Waals surface area contributed by atoms with E-state index in [4.69, 9.17) is 0 Å². The number of halogens is 3. The fraction of sp³-hybridized carbons (Fsp3) is 0.435. The van der Waals surface area contributed by atoms with Crippen LogP contribution in [0.25, 0.3) is 5.32 Å². The Bertz CT molecular complexity index is 904. The minimum Gasteiger partial charge on any atom is -0.394 e. The first kappa shape index (κ1) is 21.4. The molecule has 2 aromatic carbocycles. The quantitative estimate of drug-likeness (QED) is 0.531. The average Bonchev–Trinajstić information content (AvgIpc) is 2.69. The number of rotatable bonds is 4. The van der Waals surface area contributed by atoms with Gasteiger partial charge < -0.3 is 10.3 Å². The fourth-order valence-corrected chi connectivity index (χ4v) is 4.08. The largest absolute Gasteiger partial charge is 0.402 e. The molecule has 1 atom stereocenters. The average molecular weight is 403 g/mol. The highest BCUT2D eigenvalue weighted by molar-refractivity contribution is 5.95. The molecule has 1 heterocycles. The summed E-state index contributed by atoms with van der Waals surface area (Å²) in [7, 11) is 0. The Labute approximate surface area is 170 Å². The van der Waals surface area contributed by atoms with Gasteiger partial charge >= 0.3 is 6.18 Å². The van der Waals surface area contributed by atoms with Crippen LogP contribution in [-0.2, 0) is 5.54 Å². The van der Waals surface area contributed by atoms with Crippen molar-refractivity contribution in [3.8, 4) is 0 Å². The van der Waals surface area contributed by atoms with E-state index in [9.17, 15) is 13.2 Å². The summed E-state index contributed by atoms with van der Waals surface area (Å²) in [5.74, 6) is 0.242. The highest BCUT2D eigenvalue weighted by Gasteiger charge is 2.57. The van der Waals surface area contributed by atoms with Gasteiger partial charge in [0.25, 0.3) is 0 Å². The van der Waals surface area contributed by atoms with Gasteiger partial charge in [0, 0.05) is 0 Å². The summed E-state index contributed by atoms with van der Waals surface area (Å²) in [5.41, 5.74) is -0.254. The van der Waals surface area contributed by atoms with Gasteiger partial charge in [0.15, 0.2) is 0 Å². The SMILES string of the molecule is CC[N+](CC)(CC)C1=Nc2ccc(C)cc2C(c2ccc(C)cc2)(C(F)(F)F)[N-]1. The van der Waals surface area contributed by atoms with Gasteiger partial charge in [-0.1, -0.05) is 53.6 Å². The van der Waals surface area contributed by atoms with E-state index in [-0.39, 0.29) is 17.1 Å². The maximum absolute atomic E-state index is 14.9. The Morgan fingerprint density at radius 3 is 1.97 bits per heavy atom. The Morgan fingerprint density at radius 1 is 0.897 bits per heavy atom. The lowest BCUT2D eigenvalue weighted by Gasteiger charge is -2.52. The monoisotopic (exact) mass is 403 g/mol. The normalized spacial score (nSPS) is 19.4. The Kier molecular flexibility index (Phi) is 5.52. The zero-order chi connectivity index (χ0) is 21.4. The molecule has 0 saturated heterocycles. The molecule has 0 spiro atoms. The van der Waals surface area contributed by atoms with Gasteiger partial charge in [0.05, 0.1) is 19.6 Å². The van der Waals surface area contributed by atoms with Crippen molar-refractivity contribution in [3.05, 3.63) is 70.0 Å². The van der Waals surface area contributed by atoms with Gasteiger partial charge in [-0.2, -0.15) is 13.2 Å². The molecule has 6 heteroatoms. The molecule has 0 aliphatic carbocycles. The van der Waals surface area contributed by atoms with E-state index in [1.807, 2.05) is 27.7 Å². The summed E-state index contributed by atoms with van der Waals surface area (Å²) in [6.07, 6.45) is -4.61. The molecular weight excluding hydrogens is 375 g/mol. The Morgan fingerprint density at radius 2 is 1.45 bits per heavy atom. The van der Waals surface area contributed by atoms with Crippen molar-refractivity contribution in [1.29, 1.82) is 0 Å². The number of aryl methyl sites for hydroxylation is 2. The van der Waals surface area contributed by atoms with Crippen LogP contribution < -0.4 is 0 Å². The predicted octanol–water partition coefficient (Wildman–Crippen LogP) is 6.36. The number of benzene rings is 2. The minimum absolute atomic E-state index is 0.0963. The summed E-state index contributed by atoms with van der Waals surface area (Å²) in [6.45, 7) is 11.4. The first-order valence-electron chi connectivity index (χ1n) is 10.1. The van der Waals surface area contributed by atoms with Gasteiger partial charge in [-0.25, -0.2) is 0 Å². The molecule has 0 aromatic heterocycles. The third-order valence-electron chi connectivity index (χ3n) is 6.15. The number of aliphatic imine (C=N–C) groups is 1. The summed E-state index contributed by atoms with van der Waals surface area (Å²) < 4.78 is 45.0. The molecule has 0 saturated carbocycles. The lowest BCUT2D eigenvalue weighted by atomic mass is 9.79. The predicted molar refractivity (Wildman–Crippen MR) is 112 cm³/mol. The van der Waals surface area contributed by atoms with Gasteiger partial charge in [0.2, 0.25) is 0 Å². The van der Waals surface area contributed by atoms with Crippen molar-refractivity contribution in [1.82, 2.24) is 0 Å². The van der Waals surface area contributed by atoms with E-state index in [1.54, 1.807) is 49.4 Å². The zero-order valence-electron chi connectivity index (χ0n) is 17.6. The second-order valence-electron chi connectivity index (χ2n) is 7.71. The van der Waals surface area contributed by atoms with Crippen LogP contribution in [0.1, 0.15) is 43.0 Å². The van der Waals surface area contributed by atoms with Gasteiger partial charge in [-0.15, -0.1) is 0 Å². The van der Waals surface area contributed by atoms with Gasteiger partial charge in [-0.3, -0.25) is 4.48 Å². The lowest BCUT2D eigenvalue weighted by molar-refractivity contribution is -0.835. The molecule has 0 bridgehead atoms. The highest BCUT2D eigenvalue weighted by Crippen LogP contribution is 2.56. The van der Waals surface area contributed by atoms with E-state index in [0.29, 0.717) is 29.8 Å². The smallest absolute Gasteiger partial charge is 0.394 e. The molecule has 3 rings (SSSR count). The molecular formula is C23H28F3N3. The number of quaternary nitrogens is 1. The topological polar surface area (TPSA) is 26.5 Å². The zero-order valence-corrected chi connectivity index (χ0v) is 17.6. The van der Waals surface area contributed by atoms with Gasteiger partial charge in [-0.05, 0) is 51.4 Å². The van der Waals surface area contributed by atoms with Crippen molar-refractivity contribution in [3.63, 3.8) is 0 Å². The molecule has 1 aliphatic heterocycles. The second kappa shape index (κ2) is 7.48. The van der Waals surface area contributed by atoms with Crippen LogP contribution in [-0.4, -0.2) is 36.3 Å². The van der Waals surface area contributed by atoms with Crippen LogP contribution in [0, 0.1) is 13.8 Å². The Balaban J connectivity index is 2.38. The van der Waals surface area contributed by atoms with E-state index >= 15 is 0 Å². The second-order valence-corrected chi connectivity index (χ2v) is 7.71. The maximum Gasteiger partial charge on any atom is 0.402 e. The molecule has 156 valence electrons. The van der Waals surface area contributed by atoms with Crippen LogP contribution >= 0.6 is 0 Å². The van der Waals surface area contributed by atoms with Crippen molar-refractivity contribution < 1.29 is 17.7 Å². The number of fused-ring (bicyclic) bond motifs is 1. The Hall–Kier alpha value is -2.34. The van der Waals surface area contributed by atoms with Crippen LogP contribution in [0.3, 0.4) is 0 Å². The molecule has 3 nitrogen and oxygen atoms in total. The standard InChI is InChI=1S/C23H28F3N3/c1-6-29(7-2,8-3)21-27-20-14-11-17(5)15-19(20)22(28-21,23(24,25)26)18-12-9-16(4)10-13-18/h9-15H,6-8H2,1-5H3. The first-order valence-corrected chi connectivity index (χ1v) is 10.1. The van der Waals surface area contributed by atoms with E-state index < -0.39 is 11.7 Å². The molecule has 2 aromatic rings. The van der Waals surface area contributed by atoms with E-state index in [1.165, 1.54) is 0 Å². The summed E-state index contributed by atoms with van der Waals surface area (Å²) >= 11 is 0. The number of hydrogen-bond acceptors (Lipinski definition) is 1. The fourth-order valence-electron chi connectivity index (χ4n) is 4.08. The summed E-state index contributed by atoms with van der Waals surface area (Å²) in [6, 6.07) is 11.6. The molecule has 1 unspecified atom stereocenters. The molecule has 29 heavy (non-hydrogen) atoms.